The maximum absolute atomic E-state index is 11.6. The minimum atomic E-state index is -0.147. The summed E-state index contributed by atoms with van der Waals surface area (Å²) in [5, 5.41) is 12.6. The van der Waals surface area contributed by atoms with Crippen LogP contribution < -0.4 is 5.32 Å². The summed E-state index contributed by atoms with van der Waals surface area (Å²) in [6.07, 6.45) is 4.95. The van der Waals surface area contributed by atoms with Gasteiger partial charge >= 0.3 is 0 Å². The summed E-state index contributed by atoms with van der Waals surface area (Å²) in [5.41, 5.74) is 0.355. The highest BCUT2D eigenvalue weighted by molar-refractivity contribution is 5.91. The normalized spacial score (nSPS) is 18.2. The van der Waals surface area contributed by atoms with Crippen LogP contribution in [-0.4, -0.2) is 52.9 Å². The van der Waals surface area contributed by atoms with E-state index in [1.165, 1.54) is 32.1 Å². The zero-order chi connectivity index (χ0) is 12.1. The molecule has 6 heteroatoms. The van der Waals surface area contributed by atoms with E-state index in [1.54, 1.807) is 0 Å². The van der Waals surface area contributed by atoms with E-state index in [0.29, 0.717) is 5.69 Å². The predicted molar refractivity (Wildman–Crippen MR) is 63.6 cm³/mol. The number of amides is 1. The number of nitrogens with one attached hydrogen (secondary N) is 2. The highest BCUT2D eigenvalue weighted by atomic mass is 16.1. The number of carbonyl (C=O) groups excluding carboxylic acids is 1. The number of nitrogens with zero attached hydrogens (tertiary/aromatic N) is 3. The van der Waals surface area contributed by atoms with Crippen molar-refractivity contribution in [2.24, 2.45) is 5.92 Å². The van der Waals surface area contributed by atoms with Crippen LogP contribution in [0, 0.1) is 5.92 Å². The van der Waals surface area contributed by atoms with Crippen molar-refractivity contribution in [1.29, 1.82) is 0 Å². The van der Waals surface area contributed by atoms with Crippen molar-refractivity contribution in [2.75, 3.05) is 26.7 Å². The summed E-state index contributed by atoms with van der Waals surface area (Å²) in [6, 6.07) is 0. The van der Waals surface area contributed by atoms with Crippen LogP contribution in [0.1, 0.15) is 29.8 Å². The first-order valence-corrected chi connectivity index (χ1v) is 6.08. The second-order valence-electron chi connectivity index (χ2n) is 4.65. The first-order valence-electron chi connectivity index (χ1n) is 6.08. The summed E-state index contributed by atoms with van der Waals surface area (Å²) in [6.45, 7) is 3.06. The van der Waals surface area contributed by atoms with Crippen molar-refractivity contribution in [3.63, 3.8) is 0 Å². The first kappa shape index (κ1) is 12.0. The number of piperidine rings is 1. The lowest BCUT2D eigenvalue weighted by atomic mass is 9.94. The van der Waals surface area contributed by atoms with E-state index in [1.807, 2.05) is 0 Å². The molecule has 0 aliphatic carbocycles. The highest BCUT2D eigenvalue weighted by Gasteiger charge is 2.16. The van der Waals surface area contributed by atoms with Gasteiger partial charge in [-0.15, -0.1) is 0 Å². The molecule has 6 nitrogen and oxygen atoms in total. The molecule has 1 aromatic rings. The number of rotatable bonds is 4. The van der Waals surface area contributed by atoms with Crippen molar-refractivity contribution in [2.45, 2.75) is 19.3 Å². The van der Waals surface area contributed by atoms with Gasteiger partial charge in [-0.1, -0.05) is 0 Å². The lowest BCUT2D eigenvalue weighted by Gasteiger charge is -2.28. The molecule has 1 fully saturated rings. The van der Waals surface area contributed by atoms with Crippen LogP contribution in [0.2, 0.25) is 0 Å². The van der Waals surface area contributed by atoms with Crippen LogP contribution in [0.4, 0.5) is 0 Å². The fourth-order valence-corrected chi connectivity index (χ4v) is 2.14. The van der Waals surface area contributed by atoms with Gasteiger partial charge in [-0.05, 0) is 45.3 Å². The van der Waals surface area contributed by atoms with Crippen molar-refractivity contribution >= 4 is 5.91 Å². The fraction of sp³-hybridized carbons (Fsp3) is 0.727. The predicted octanol–water partition coefficient (Wildman–Crippen LogP) is 0.266. The summed E-state index contributed by atoms with van der Waals surface area (Å²) in [5.74, 6) is 0.593. The minimum Gasteiger partial charge on any atom is -0.351 e. The Balaban J connectivity index is 1.64. The summed E-state index contributed by atoms with van der Waals surface area (Å²) >= 11 is 0. The van der Waals surface area contributed by atoms with Gasteiger partial charge in [0.15, 0.2) is 5.69 Å². The lowest BCUT2D eigenvalue weighted by Crippen LogP contribution is -2.32. The van der Waals surface area contributed by atoms with Gasteiger partial charge < -0.3 is 10.2 Å². The largest absolute Gasteiger partial charge is 0.351 e. The van der Waals surface area contributed by atoms with Gasteiger partial charge in [-0.25, -0.2) is 0 Å². The van der Waals surface area contributed by atoms with Gasteiger partial charge in [0.2, 0.25) is 0 Å². The number of carbonyl (C=O) groups is 1. The van der Waals surface area contributed by atoms with Gasteiger partial charge in [0, 0.05) is 6.54 Å². The zero-order valence-electron chi connectivity index (χ0n) is 10.1. The van der Waals surface area contributed by atoms with Gasteiger partial charge in [-0.3, -0.25) is 4.79 Å². The van der Waals surface area contributed by atoms with E-state index in [2.05, 4.69) is 32.7 Å². The van der Waals surface area contributed by atoms with Gasteiger partial charge in [0.1, 0.15) is 0 Å². The van der Waals surface area contributed by atoms with Crippen LogP contribution in [0.25, 0.3) is 0 Å². The van der Waals surface area contributed by atoms with E-state index in [0.717, 1.165) is 18.9 Å². The quantitative estimate of drug-likeness (QED) is 0.788. The molecule has 0 unspecified atom stereocenters. The van der Waals surface area contributed by atoms with Gasteiger partial charge in [0.25, 0.3) is 5.91 Å². The smallest absolute Gasteiger partial charge is 0.273 e. The molecule has 1 aliphatic rings. The molecule has 1 saturated heterocycles. The minimum absolute atomic E-state index is 0.147. The second-order valence-corrected chi connectivity index (χ2v) is 4.65. The number of H-pyrrole nitrogens is 1. The Morgan fingerprint density at radius 2 is 2.35 bits per heavy atom. The van der Waals surface area contributed by atoms with Gasteiger partial charge in [0.05, 0.1) is 6.20 Å². The molecular weight excluding hydrogens is 218 g/mol. The van der Waals surface area contributed by atoms with E-state index < -0.39 is 0 Å². The molecule has 0 saturated carbocycles. The van der Waals surface area contributed by atoms with Crippen LogP contribution in [0.15, 0.2) is 6.20 Å². The third-order valence-electron chi connectivity index (χ3n) is 3.32. The third kappa shape index (κ3) is 3.52. The van der Waals surface area contributed by atoms with E-state index >= 15 is 0 Å². The molecule has 94 valence electrons. The molecule has 2 N–H and O–H groups in total. The maximum atomic E-state index is 11.6. The van der Waals surface area contributed by atoms with Crippen molar-refractivity contribution in [3.8, 4) is 0 Å². The molecule has 1 aliphatic heterocycles. The molecule has 0 radical (unpaired) electrons. The third-order valence-corrected chi connectivity index (χ3v) is 3.32. The molecule has 1 amide bonds. The van der Waals surface area contributed by atoms with Crippen molar-refractivity contribution in [1.82, 2.24) is 25.6 Å². The number of likely N-dealkylation sites (tertiary alicyclic amines) is 1. The molecule has 0 aromatic carbocycles. The Morgan fingerprint density at radius 1 is 1.59 bits per heavy atom. The van der Waals surface area contributed by atoms with Crippen molar-refractivity contribution < 1.29 is 4.79 Å². The molecule has 2 heterocycles. The Morgan fingerprint density at radius 3 is 3.00 bits per heavy atom. The van der Waals surface area contributed by atoms with Crippen molar-refractivity contribution in [3.05, 3.63) is 11.9 Å². The van der Waals surface area contributed by atoms with E-state index in [9.17, 15) is 4.79 Å². The lowest BCUT2D eigenvalue weighted by molar-refractivity contribution is 0.0944. The Bertz CT molecular complexity index is 343. The SMILES string of the molecule is CN1CCC(CCNC(=O)c2cn[nH]n2)CC1. The number of hydrogen-bond acceptors (Lipinski definition) is 4. The summed E-state index contributed by atoms with van der Waals surface area (Å²) in [7, 11) is 2.16. The van der Waals surface area contributed by atoms with E-state index in [-0.39, 0.29) is 5.91 Å². The first-order chi connectivity index (χ1) is 8.25. The van der Waals surface area contributed by atoms with Gasteiger partial charge in [-0.2, -0.15) is 15.4 Å². The average Bonchev–Trinajstić information content (AvgIpc) is 2.85. The summed E-state index contributed by atoms with van der Waals surface area (Å²) in [4.78, 5) is 13.9. The fourth-order valence-electron chi connectivity index (χ4n) is 2.14. The summed E-state index contributed by atoms with van der Waals surface area (Å²) < 4.78 is 0. The number of aromatic nitrogens is 3. The molecular formula is C11H19N5O. The molecule has 0 atom stereocenters. The van der Waals surface area contributed by atoms with E-state index in [4.69, 9.17) is 0 Å². The molecule has 1 aromatic heterocycles. The number of hydrogen-bond donors (Lipinski definition) is 2. The second kappa shape index (κ2) is 5.77. The average molecular weight is 237 g/mol. The zero-order valence-corrected chi connectivity index (χ0v) is 10.1. The Hall–Kier alpha value is -1.43. The van der Waals surface area contributed by atoms with Crippen LogP contribution in [0.5, 0.6) is 0 Å². The standard InChI is InChI=1S/C11H19N5O/c1-16-6-3-9(4-7-16)2-5-12-11(17)10-8-13-15-14-10/h8-9H,2-7H2,1H3,(H,12,17)(H,13,14,15). The van der Waals surface area contributed by atoms with Crippen LogP contribution in [-0.2, 0) is 0 Å². The Labute approximate surface area is 101 Å². The topological polar surface area (TPSA) is 73.9 Å². The maximum Gasteiger partial charge on any atom is 0.273 e. The van der Waals surface area contributed by atoms with Crippen LogP contribution >= 0.6 is 0 Å². The number of aromatic amines is 1. The molecule has 17 heavy (non-hydrogen) atoms. The molecule has 2 rings (SSSR count). The Kier molecular flexibility index (Phi) is 4.08. The molecule has 0 bridgehead atoms. The van der Waals surface area contributed by atoms with Crippen LogP contribution in [0.3, 0.4) is 0 Å². The molecule has 0 spiro atoms. The monoisotopic (exact) mass is 237 g/mol. The highest BCUT2D eigenvalue weighted by Crippen LogP contribution is 2.18.